The van der Waals surface area contributed by atoms with E-state index in [1.165, 1.54) is 0 Å². The lowest BCUT2D eigenvalue weighted by molar-refractivity contribution is 0.160. The molecule has 0 spiro atoms. The number of rotatable bonds is 3. The Labute approximate surface area is 182 Å². The van der Waals surface area contributed by atoms with Crippen LogP contribution in [0.25, 0.3) is 22.2 Å². The zero-order valence-corrected chi connectivity index (χ0v) is 18.8. The van der Waals surface area contributed by atoms with Gasteiger partial charge < -0.3 is 15.3 Å². The summed E-state index contributed by atoms with van der Waals surface area (Å²) in [7, 11) is 2.07. The standard InChI is InChI=1S/C23H28ClN5O/c1-22(2)12-14(13-23(3,4)28-22)29(5)21-7-6-18(26-27-21)16-10-19-15(11-20(16)30)17(24)8-9-25-19/h6-11,14,28,30H,12-13H2,1-5H3. The van der Waals surface area contributed by atoms with E-state index in [0.717, 1.165) is 18.7 Å². The van der Waals surface area contributed by atoms with Crippen molar-refractivity contribution in [1.82, 2.24) is 20.5 Å². The van der Waals surface area contributed by atoms with Crippen molar-refractivity contribution in [3.05, 3.63) is 41.6 Å². The molecule has 2 aromatic heterocycles. The van der Waals surface area contributed by atoms with Gasteiger partial charge in [-0.2, -0.15) is 0 Å². The molecular weight excluding hydrogens is 398 g/mol. The monoisotopic (exact) mass is 425 g/mol. The van der Waals surface area contributed by atoms with E-state index in [9.17, 15) is 5.11 Å². The molecular formula is C23H28ClN5O. The topological polar surface area (TPSA) is 74.2 Å². The number of nitrogens with zero attached hydrogens (tertiary/aromatic N) is 4. The van der Waals surface area contributed by atoms with Gasteiger partial charge in [0.05, 0.1) is 16.2 Å². The summed E-state index contributed by atoms with van der Waals surface area (Å²) in [6, 6.07) is 9.33. The molecule has 1 saturated heterocycles. The van der Waals surface area contributed by atoms with Crippen molar-refractivity contribution in [2.75, 3.05) is 11.9 Å². The first-order valence-corrected chi connectivity index (χ1v) is 10.6. The number of piperidine rings is 1. The summed E-state index contributed by atoms with van der Waals surface area (Å²) in [6.07, 6.45) is 3.69. The highest BCUT2D eigenvalue weighted by Crippen LogP contribution is 2.35. The molecule has 0 unspecified atom stereocenters. The number of aromatic hydroxyl groups is 1. The van der Waals surface area contributed by atoms with E-state index in [1.54, 1.807) is 24.4 Å². The second-order valence-electron chi connectivity index (χ2n) is 9.52. The molecule has 6 nitrogen and oxygen atoms in total. The van der Waals surface area contributed by atoms with Gasteiger partial charge in [0.25, 0.3) is 0 Å². The third-order valence-electron chi connectivity index (χ3n) is 5.81. The fourth-order valence-electron chi connectivity index (χ4n) is 4.74. The molecule has 1 fully saturated rings. The van der Waals surface area contributed by atoms with Crippen LogP contribution in [0.5, 0.6) is 5.75 Å². The highest BCUT2D eigenvalue weighted by Gasteiger charge is 2.39. The molecule has 0 atom stereocenters. The maximum Gasteiger partial charge on any atom is 0.151 e. The van der Waals surface area contributed by atoms with Crippen LogP contribution in [-0.2, 0) is 0 Å². The molecule has 1 aliphatic rings. The van der Waals surface area contributed by atoms with Gasteiger partial charge in [-0.3, -0.25) is 4.98 Å². The smallest absolute Gasteiger partial charge is 0.151 e. The number of phenols is 1. The second-order valence-corrected chi connectivity index (χ2v) is 9.93. The van der Waals surface area contributed by atoms with Gasteiger partial charge in [0.1, 0.15) is 5.75 Å². The fraction of sp³-hybridized carbons (Fsp3) is 0.435. The Morgan fingerprint density at radius 3 is 2.40 bits per heavy atom. The van der Waals surface area contributed by atoms with Crippen LogP contribution in [0.3, 0.4) is 0 Å². The Hall–Kier alpha value is -2.44. The number of fused-ring (bicyclic) bond motifs is 1. The van der Waals surface area contributed by atoms with Crippen molar-refractivity contribution in [2.45, 2.75) is 57.7 Å². The van der Waals surface area contributed by atoms with Crippen LogP contribution < -0.4 is 10.2 Å². The Morgan fingerprint density at radius 2 is 1.77 bits per heavy atom. The minimum Gasteiger partial charge on any atom is -0.507 e. The zero-order chi connectivity index (χ0) is 21.7. The SMILES string of the molecule is CN(c1ccc(-c2cc3nccc(Cl)c3cc2O)nn1)C1CC(C)(C)NC(C)(C)C1. The number of phenolic OH excluding ortho intramolecular Hbond substituents is 1. The van der Waals surface area contributed by atoms with Gasteiger partial charge in [0.2, 0.25) is 0 Å². The number of pyridine rings is 1. The fourth-order valence-corrected chi connectivity index (χ4v) is 4.95. The average molecular weight is 426 g/mol. The number of benzene rings is 1. The van der Waals surface area contributed by atoms with Crippen molar-refractivity contribution in [1.29, 1.82) is 0 Å². The maximum absolute atomic E-state index is 10.5. The largest absolute Gasteiger partial charge is 0.507 e. The maximum atomic E-state index is 10.5. The first kappa shape index (κ1) is 20.8. The average Bonchev–Trinajstić information content (AvgIpc) is 2.65. The Morgan fingerprint density at radius 1 is 1.07 bits per heavy atom. The summed E-state index contributed by atoms with van der Waals surface area (Å²) in [6.45, 7) is 8.97. The molecule has 0 aliphatic carbocycles. The molecule has 0 radical (unpaired) electrons. The molecule has 0 bridgehead atoms. The van der Waals surface area contributed by atoms with E-state index >= 15 is 0 Å². The molecule has 3 heterocycles. The molecule has 1 aliphatic heterocycles. The van der Waals surface area contributed by atoms with Gasteiger partial charge >= 0.3 is 0 Å². The third kappa shape index (κ3) is 4.07. The van der Waals surface area contributed by atoms with Crippen molar-refractivity contribution in [2.24, 2.45) is 0 Å². The molecule has 0 saturated carbocycles. The minimum atomic E-state index is 0.0548. The predicted octanol–water partition coefficient (Wildman–Crippen LogP) is 4.80. The number of aromatic nitrogens is 3. The lowest BCUT2D eigenvalue weighted by Crippen LogP contribution is -2.62. The molecule has 2 N–H and O–H groups in total. The molecule has 4 rings (SSSR count). The first-order chi connectivity index (χ1) is 14.0. The Bertz CT molecular complexity index is 1060. The van der Waals surface area contributed by atoms with E-state index < -0.39 is 0 Å². The van der Waals surface area contributed by atoms with Gasteiger partial charge in [-0.1, -0.05) is 11.6 Å². The van der Waals surface area contributed by atoms with Crippen molar-refractivity contribution < 1.29 is 5.11 Å². The number of halogens is 1. The van der Waals surface area contributed by atoms with Gasteiger partial charge in [-0.15, -0.1) is 10.2 Å². The summed E-state index contributed by atoms with van der Waals surface area (Å²) < 4.78 is 0. The lowest BCUT2D eigenvalue weighted by Gasteiger charge is -2.49. The third-order valence-corrected chi connectivity index (χ3v) is 6.14. The van der Waals surface area contributed by atoms with E-state index in [4.69, 9.17) is 11.6 Å². The van der Waals surface area contributed by atoms with Crippen molar-refractivity contribution in [3.63, 3.8) is 0 Å². The zero-order valence-electron chi connectivity index (χ0n) is 18.1. The quantitative estimate of drug-likeness (QED) is 0.628. The molecule has 1 aromatic carbocycles. The molecule has 0 amide bonds. The molecule has 30 heavy (non-hydrogen) atoms. The highest BCUT2D eigenvalue weighted by atomic mass is 35.5. The highest BCUT2D eigenvalue weighted by molar-refractivity contribution is 6.35. The molecule has 3 aromatic rings. The van der Waals surface area contributed by atoms with Gasteiger partial charge in [-0.05, 0) is 70.9 Å². The number of hydrogen-bond acceptors (Lipinski definition) is 6. The van der Waals surface area contributed by atoms with E-state index in [0.29, 0.717) is 33.2 Å². The summed E-state index contributed by atoms with van der Waals surface area (Å²) >= 11 is 6.21. The Kier molecular flexibility index (Phi) is 5.11. The van der Waals surface area contributed by atoms with Crippen molar-refractivity contribution >= 4 is 28.3 Å². The number of hydrogen-bond donors (Lipinski definition) is 2. The van der Waals surface area contributed by atoms with E-state index in [1.807, 2.05) is 12.1 Å². The van der Waals surface area contributed by atoms with Crippen LogP contribution >= 0.6 is 11.6 Å². The van der Waals surface area contributed by atoms with Crippen molar-refractivity contribution in [3.8, 4) is 17.0 Å². The van der Waals surface area contributed by atoms with Crippen LogP contribution in [0.1, 0.15) is 40.5 Å². The second kappa shape index (κ2) is 7.36. The normalized spacial score (nSPS) is 18.5. The van der Waals surface area contributed by atoms with Crippen LogP contribution in [0.2, 0.25) is 5.02 Å². The Balaban J connectivity index is 1.62. The van der Waals surface area contributed by atoms with E-state index in [2.05, 4.69) is 60.1 Å². The summed E-state index contributed by atoms with van der Waals surface area (Å²) in [5, 5.41) is 24.4. The lowest BCUT2D eigenvalue weighted by atomic mass is 9.79. The van der Waals surface area contributed by atoms with E-state index in [-0.39, 0.29) is 16.8 Å². The van der Waals surface area contributed by atoms with Gasteiger partial charge in [-0.25, -0.2) is 0 Å². The van der Waals surface area contributed by atoms with Gasteiger partial charge in [0.15, 0.2) is 5.82 Å². The van der Waals surface area contributed by atoms with Crippen LogP contribution in [0.15, 0.2) is 36.5 Å². The number of nitrogens with one attached hydrogen (secondary N) is 1. The molecule has 7 heteroatoms. The van der Waals surface area contributed by atoms with Crippen LogP contribution in [0, 0.1) is 0 Å². The summed E-state index contributed by atoms with van der Waals surface area (Å²) in [5.41, 5.74) is 2.00. The predicted molar refractivity (Wildman–Crippen MR) is 122 cm³/mol. The van der Waals surface area contributed by atoms with Crippen LogP contribution in [-0.4, -0.2) is 44.5 Å². The minimum absolute atomic E-state index is 0.0548. The molecule has 158 valence electrons. The van der Waals surface area contributed by atoms with Gasteiger partial charge in [0, 0.05) is 41.3 Å². The summed E-state index contributed by atoms with van der Waals surface area (Å²) in [5.74, 6) is 0.924. The number of anilines is 1. The first-order valence-electron chi connectivity index (χ1n) is 10.2. The summed E-state index contributed by atoms with van der Waals surface area (Å²) in [4.78, 5) is 6.56. The van der Waals surface area contributed by atoms with Crippen LogP contribution in [0.4, 0.5) is 5.82 Å².